The summed E-state index contributed by atoms with van der Waals surface area (Å²) in [6.07, 6.45) is 0. The van der Waals surface area contributed by atoms with Crippen LogP contribution in [-0.2, 0) is 9.53 Å². The van der Waals surface area contributed by atoms with Crippen molar-refractivity contribution in [1.29, 1.82) is 0 Å². The molecule has 0 saturated carbocycles. The molecule has 0 aliphatic heterocycles. The zero-order chi connectivity index (χ0) is 18.7. The molecule has 0 aliphatic carbocycles. The maximum Gasteiger partial charge on any atom is 0.344 e. The number of esters is 1. The number of ether oxygens (including phenoxy) is 1. The van der Waals surface area contributed by atoms with E-state index in [1.807, 2.05) is 30.3 Å². The normalized spacial score (nSPS) is 10.5. The SMILES string of the molecule is Nc1cc(F)c(C(=O)OCC(=O)Nc2cccc3ccccc23)c(F)c1. The Labute approximate surface area is 147 Å². The summed E-state index contributed by atoms with van der Waals surface area (Å²) in [5.74, 6) is -4.22. The highest BCUT2D eigenvalue weighted by Gasteiger charge is 2.20. The Morgan fingerprint density at radius 1 is 1.00 bits per heavy atom. The first-order chi connectivity index (χ1) is 12.5. The molecule has 3 rings (SSSR count). The van der Waals surface area contributed by atoms with Gasteiger partial charge in [0.15, 0.2) is 6.61 Å². The third kappa shape index (κ3) is 3.61. The van der Waals surface area contributed by atoms with Gasteiger partial charge in [0.25, 0.3) is 5.91 Å². The van der Waals surface area contributed by atoms with Gasteiger partial charge in [-0.25, -0.2) is 13.6 Å². The number of benzene rings is 3. The van der Waals surface area contributed by atoms with Crippen LogP contribution in [0.5, 0.6) is 0 Å². The Hall–Kier alpha value is -3.48. The van der Waals surface area contributed by atoms with Crippen LogP contribution in [0.25, 0.3) is 10.8 Å². The predicted molar refractivity (Wildman–Crippen MR) is 93.6 cm³/mol. The summed E-state index contributed by atoms with van der Waals surface area (Å²) in [6.45, 7) is -0.689. The Bertz CT molecular complexity index is 977. The van der Waals surface area contributed by atoms with Gasteiger partial charge in [-0.2, -0.15) is 0 Å². The van der Waals surface area contributed by atoms with Crippen LogP contribution in [0.2, 0.25) is 0 Å². The summed E-state index contributed by atoms with van der Waals surface area (Å²) in [4.78, 5) is 23.9. The largest absolute Gasteiger partial charge is 0.452 e. The molecule has 0 atom stereocenters. The molecule has 1 amide bonds. The van der Waals surface area contributed by atoms with Gasteiger partial charge >= 0.3 is 5.97 Å². The molecule has 3 aromatic carbocycles. The molecule has 0 aromatic heterocycles. The van der Waals surface area contributed by atoms with Crippen LogP contribution in [0.1, 0.15) is 10.4 Å². The molecule has 0 radical (unpaired) electrons. The lowest BCUT2D eigenvalue weighted by molar-refractivity contribution is -0.119. The number of amides is 1. The molecular formula is C19H14F2N2O3. The van der Waals surface area contributed by atoms with Gasteiger partial charge in [-0.3, -0.25) is 4.79 Å². The molecule has 0 bridgehead atoms. The molecule has 0 heterocycles. The quantitative estimate of drug-likeness (QED) is 0.554. The van der Waals surface area contributed by atoms with E-state index in [1.54, 1.807) is 12.1 Å². The molecule has 7 heteroatoms. The first-order valence-electron chi connectivity index (χ1n) is 7.65. The van der Waals surface area contributed by atoms with Gasteiger partial charge in [0.2, 0.25) is 0 Å². The fourth-order valence-electron chi connectivity index (χ4n) is 2.51. The van der Waals surface area contributed by atoms with Crippen LogP contribution in [-0.4, -0.2) is 18.5 Å². The summed E-state index contributed by atoms with van der Waals surface area (Å²) in [6, 6.07) is 14.4. The number of hydrogen-bond donors (Lipinski definition) is 2. The number of carbonyl (C=O) groups excluding carboxylic acids is 2. The van der Waals surface area contributed by atoms with Crippen molar-refractivity contribution in [2.45, 2.75) is 0 Å². The zero-order valence-electron chi connectivity index (χ0n) is 13.5. The third-order valence-electron chi connectivity index (χ3n) is 3.67. The molecule has 132 valence electrons. The molecule has 0 fully saturated rings. The van der Waals surface area contributed by atoms with Crippen molar-refractivity contribution < 1.29 is 23.1 Å². The summed E-state index contributed by atoms with van der Waals surface area (Å²) < 4.78 is 32.1. The van der Waals surface area contributed by atoms with Crippen LogP contribution in [0.3, 0.4) is 0 Å². The van der Waals surface area contributed by atoms with E-state index in [0.29, 0.717) is 5.69 Å². The monoisotopic (exact) mass is 356 g/mol. The summed E-state index contributed by atoms with van der Waals surface area (Å²) >= 11 is 0. The van der Waals surface area contributed by atoms with Gasteiger partial charge in [0.1, 0.15) is 17.2 Å². The Kier molecular flexibility index (Phi) is 4.79. The van der Waals surface area contributed by atoms with Crippen molar-refractivity contribution in [3.63, 3.8) is 0 Å². The first kappa shape index (κ1) is 17.3. The van der Waals surface area contributed by atoms with E-state index >= 15 is 0 Å². The lowest BCUT2D eigenvalue weighted by Crippen LogP contribution is -2.22. The van der Waals surface area contributed by atoms with E-state index < -0.39 is 35.7 Å². The van der Waals surface area contributed by atoms with Gasteiger partial charge < -0.3 is 15.8 Å². The van der Waals surface area contributed by atoms with Crippen molar-refractivity contribution in [2.75, 3.05) is 17.7 Å². The lowest BCUT2D eigenvalue weighted by atomic mass is 10.1. The maximum atomic E-state index is 13.7. The number of rotatable bonds is 4. The van der Waals surface area contributed by atoms with Crippen LogP contribution >= 0.6 is 0 Å². The van der Waals surface area contributed by atoms with Gasteiger partial charge in [-0.05, 0) is 23.6 Å². The molecule has 0 spiro atoms. The Morgan fingerprint density at radius 3 is 2.38 bits per heavy atom. The van der Waals surface area contributed by atoms with Crippen molar-refractivity contribution in [1.82, 2.24) is 0 Å². The fourth-order valence-corrected chi connectivity index (χ4v) is 2.51. The standard InChI is InChI=1S/C19H14F2N2O3/c20-14-8-12(22)9-15(21)18(14)19(25)26-10-17(24)23-16-7-3-5-11-4-1-2-6-13(11)16/h1-9H,10,22H2,(H,23,24). The van der Waals surface area contributed by atoms with E-state index in [-0.39, 0.29) is 5.69 Å². The van der Waals surface area contributed by atoms with Gasteiger partial charge in [0.05, 0.1) is 0 Å². The average Bonchev–Trinajstić information content (AvgIpc) is 2.59. The molecule has 5 nitrogen and oxygen atoms in total. The van der Waals surface area contributed by atoms with E-state index in [9.17, 15) is 18.4 Å². The van der Waals surface area contributed by atoms with Gasteiger partial charge in [0, 0.05) is 16.8 Å². The van der Waals surface area contributed by atoms with Gasteiger partial charge in [-0.1, -0.05) is 36.4 Å². The molecule has 0 unspecified atom stereocenters. The van der Waals surface area contributed by atoms with E-state index in [4.69, 9.17) is 10.5 Å². The van der Waals surface area contributed by atoms with Gasteiger partial charge in [-0.15, -0.1) is 0 Å². The van der Waals surface area contributed by atoms with E-state index in [2.05, 4.69) is 5.32 Å². The highest BCUT2D eigenvalue weighted by atomic mass is 19.1. The summed E-state index contributed by atoms with van der Waals surface area (Å²) in [5, 5.41) is 4.34. The average molecular weight is 356 g/mol. The third-order valence-corrected chi connectivity index (χ3v) is 3.67. The number of hydrogen-bond acceptors (Lipinski definition) is 4. The second kappa shape index (κ2) is 7.18. The number of nitrogens with one attached hydrogen (secondary N) is 1. The van der Waals surface area contributed by atoms with E-state index in [0.717, 1.165) is 22.9 Å². The minimum Gasteiger partial charge on any atom is -0.452 e. The Balaban J connectivity index is 1.68. The Morgan fingerprint density at radius 2 is 1.65 bits per heavy atom. The number of nitrogen functional groups attached to an aromatic ring is 1. The smallest absolute Gasteiger partial charge is 0.344 e. The van der Waals surface area contributed by atoms with Crippen LogP contribution < -0.4 is 11.1 Å². The number of fused-ring (bicyclic) bond motifs is 1. The second-order valence-corrected chi connectivity index (χ2v) is 5.51. The minimum absolute atomic E-state index is 0.162. The highest BCUT2D eigenvalue weighted by Crippen LogP contribution is 2.23. The number of nitrogens with two attached hydrogens (primary N) is 1. The summed E-state index contributed by atoms with van der Waals surface area (Å²) in [7, 11) is 0. The minimum atomic E-state index is -1.28. The molecule has 0 aliphatic rings. The van der Waals surface area contributed by atoms with Crippen LogP contribution in [0.4, 0.5) is 20.2 Å². The molecular weight excluding hydrogens is 342 g/mol. The molecule has 3 aromatic rings. The van der Waals surface area contributed by atoms with Crippen LogP contribution in [0, 0.1) is 11.6 Å². The lowest BCUT2D eigenvalue weighted by Gasteiger charge is -2.10. The topological polar surface area (TPSA) is 81.4 Å². The maximum absolute atomic E-state index is 13.7. The predicted octanol–water partition coefficient (Wildman–Crippen LogP) is 3.50. The highest BCUT2D eigenvalue weighted by molar-refractivity contribution is 6.03. The number of carbonyl (C=O) groups is 2. The first-order valence-corrected chi connectivity index (χ1v) is 7.65. The summed E-state index contributed by atoms with van der Waals surface area (Å²) in [5.41, 5.74) is 4.77. The fraction of sp³-hybridized carbons (Fsp3) is 0.0526. The van der Waals surface area contributed by atoms with Crippen molar-refractivity contribution >= 4 is 34.0 Å². The zero-order valence-corrected chi connectivity index (χ0v) is 13.5. The molecule has 3 N–H and O–H groups in total. The molecule has 0 saturated heterocycles. The van der Waals surface area contributed by atoms with E-state index in [1.165, 1.54) is 0 Å². The van der Waals surface area contributed by atoms with Crippen molar-refractivity contribution in [2.24, 2.45) is 0 Å². The van der Waals surface area contributed by atoms with Crippen LogP contribution in [0.15, 0.2) is 54.6 Å². The number of halogens is 2. The molecule has 26 heavy (non-hydrogen) atoms. The van der Waals surface area contributed by atoms with Crippen molar-refractivity contribution in [3.8, 4) is 0 Å². The van der Waals surface area contributed by atoms with Crippen molar-refractivity contribution in [3.05, 3.63) is 71.8 Å². The second-order valence-electron chi connectivity index (χ2n) is 5.51. The number of anilines is 2.